The Hall–Kier alpha value is -4.31. The molecular weight excluding hydrogens is 622 g/mol. The summed E-state index contributed by atoms with van der Waals surface area (Å²) in [5, 5.41) is 17.7. The van der Waals surface area contributed by atoms with E-state index in [0.29, 0.717) is 35.8 Å². The van der Waals surface area contributed by atoms with Gasteiger partial charge in [0, 0.05) is 34.9 Å². The van der Waals surface area contributed by atoms with Crippen LogP contribution in [0.15, 0.2) is 109 Å². The van der Waals surface area contributed by atoms with Crippen LogP contribution in [0.5, 0.6) is 0 Å². The minimum atomic E-state index is -0.728. The van der Waals surface area contributed by atoms with Crippen LogP contribution >= 0.6 is 11.9 Å². The molecule has 9 heteroatoms. The van der Waals surface area contributed by atoms with E-state index in [2.05, 4.69) is 49.2 Å². The number of benzene rings is 4. The van der Waals surface area contributed by atoms with Gasteiger partial charge in [0.15, 0.2) is 0 Å². The van der Waals surface area contributed by atoms with Gasteiger partial charge in [-0.15, -0.1) is 0 Å². The van der Waals surface area contributed by atoms with E-state index >= 15 is 0 Å². The standard InChI is InChI=1S/C35H40FN5O2S.C4H10/c1-23(2)21-41(44-30-16-14-29(37)15-17-30)22-34(42)33(19-25-7-5-4-6-8-25)39-24(3)26-9-11-27(12-10-26)35(43)40-32-20-28(36)13-18-31(32)38;1-3-4-2/h4-18,20,23,33-34,39,42H,3,19,21-22,37-38H2,1-2H3,(H,40,43);3-4H2,1-2H3. The van der Waals surface area contributed by atoms with E-state index in [0.717, 1.165) is 22.6 Å². The van der Waals surface area contributed by atoms with Crippen molar-refractivity contribution in [2.75, 3.05) is 29.9 Å². The summed E-state index contributed by atoms with van der Waals surface area (Å²) in [7, 11) is 0. The van der Waals surface area contributed by atoms with E-state index in [4.69, 9.17) is 11.5 Å². The zero-order chi connectivity index (χ0) is 35.1. The lowest BCUT2D eigenvalue weighted by atomic mass is 9.99. The predicted octanol–water partition coefficient (Wildman–Crippen LogP) is 8.25. The molecule has 7 N–H and O–H groups in total. The fraction of sp³-hybridized carbons (Fsp3) is 0.308. The van der Waals surface area contributed by atoms with Crippen LogP contribution in [-0.2, 0) is 6.42 Å². The molecule has 2 atom stereocenters. The molecule has 0 heterocycles. The molecule has 256 valence electrons. The predicted molar refractivity (Wildman–Crippen MR) is 201 cm³/mol. The third-order valence-electron chi connectivity index (χ3n) is 7.46. The molecule has 48 heavy (non-hydrogen) atoms. The van der Waals surface area contributed by atoms with Crippen molar-refractivity contribution >= 4 is 40.6 Å². The molecule has 1 amide bonds. The van der Waals surface area contributed by atoms with Crippen molar-refractivity contribution in [2.45, 2.75) is 64.0 Å². The quantitative estimate of drug-likeness (QED) is 0.0638. The molecule has 4 rings (SSSR count). The van der Waals surface area contributed by atoms with Gasteiger partial charge < -0.3 is 27.2 Å². The largest absolute Gasteiger partial charge is 0.399 e. The average Bonchev–Trinajstić information content (AvgIpc) is 3.07. The Labute approximate surface area is 289 Å². The molecule has 0 aliphatic heterocycles. The Bertz CT molecular complexity index is 1560. The van der Waals surface area contributed by atoms with E-state index in [1.807, 2.05) is 54.6 Å². The fourth-order valence-electron chi connectivity index (χ4n) is 4.68. The lowest BCUT2D eigenvalue weighted by Gasteiger charge is -2.31. The van der Waals surface area contributed by atoms with Crippen LogP contribution < -0.4 is 22.1 Å². The molecule has 2 unspecified atom stereocenters. The maximum Gasteiger partial charge on any atom is 0.255 e. The van der Waals surface area contributed by atoms with Crippen molar-refractivity contribution in [3.8, 4) is 0 Å². The molecule has 0 aromatic heterocycles. The first kappa shape index (κ1) is 38.1. The minimum Gasteiger partial charge on any atom is -0.399 e. The molecule has 0 saturated carbocycles. The summed E-state index contributed by atoms with van der Waals surface area (Å²) in [5.74, 6) is -0.503. The number of rotatable bonds is 15. The zero-order valence-corrected chi connectivity index (χ0v) is 29.3. The molecule has 0 radical (unpaired) electrons. The summed E-state index contributed by atoms with van der Waals surface area (Å²) < 4.78 is 15.8. The van der Waals surface area contributed by atoms with Crippen LogP contribution in [0.2, 0.25) is 0 Å². The highest BCUT2D eigenvalue weighted by Crippen LogP contribution is 2.26. The number of anilines is 3. The maximum atomic E-state index is 13.6. The van der Waals surface area contributed by atoms with Crippen LogP contribution in [-0.4, -0.2) is 40.6 Å². The summed E-state index contributed by atoms with van der Waals surface area (Å²) in [6.45, 7) is 14.1. The van der Waals surface area contributed by atoms with Gasteiger partial charge in [0.1, 0.15) is 5.82 Å². The van der Waals surface area contributed by atoms with Crippen molar-refractivity contribution in [1.29, 1.82) is 0 Å². The van der Waals surface area contributed by atoms with Gasteiger partial charge in [-0.05, 0) is 90.0 Å². The number of carbonyl (C=O) groups excluding carboxylic acids is 1. The second kappa shape index (κ2) is 19.5. The number of hydrogen-bond acceptors (Lipinski definition) is 7. The number of nitrogens with zero attached hydrogens (tertiary/aromatic N) is 1. The third kappa shape index (κ3) is 12.7. The van der Waals surface area contributed by atoms with Crippen molar-refractivity contribution in [3.63, 3.8) is 0 Å². The number of unbranched alkanes of at least 4 members (excludes halogenated alkanes) is 1. The number of halogens is 1. The van der Waals surface area contributed by atoms with Crippen LogP contribution in [0.1, 0.15) is 62.0 Å². The first-order valence-corrected chi connectivity index (χ1v) is 17.2. The molecular formula is C39H50FN5O2S. The van der Waals surface area contributed by atoms with E-state index in [-0.39, 0.29) is 17.4 Å². The molecule has 0 fully saturated rings. The number of nitrogens with one attached hydrogen (secondary N) is 2. The number of aliphatic hydroxyl groups is 1. The third-order valence-corrected chi connectivity index (χ3v) is 8.50. The molecule has 4 aromatic rings. The molecule has 7 nitrogen and oxygen atoms in total. The van der Waals surface area contributed by atoms with Crippen molar-refractivity contribution in [2.24, 2.45) is 5.92 Å². The molecule has 4 aromatic carbocycles. The van der Waals surface area contributed by atoms with Crippen LogP contribution in [0, 0.1) is 11.7 Å². The molecule has 0 aliphatic carbocycles. The number of aliphatic hydroxyl groups excluding tert-OH is 1. The summed E-state index contributed by atoms with van der Waals surface area (Å²) in [5.41, 5.74) is 15.8. The Balaban J connectivity index is 0.00000148. The first-order valence-electron chi connectivity index (χ1n) is 16.4. The topological polar surface area (TPSA) is 117 Å². The van der Waals surface area contributed by atoms with Gasteiger partial charge >= 0.3 is 0 Å². The number of hydrogen-bond donors (Lipinski definition) is 5. The second-order valence-corrected chi connectivity index (χ2v) is 13.3. The van der Waals surface area contributed by atoms with Crippen molar-refractivity contribution in [1.82, 2.24) is 9.62 Å². The SMILES string of the molecule is C=C(NC(Cc1ccccc1)C(O)CN(CC(C)C)Sc1ccc(N)cc1)c1ccc(C(=O)Nc2cc(F)ccc2N)cc1.CCCC. The number of amides is 1. The van der Waals surface area contributed by atoms with E-state index in [1.54, 1.807) is 36.2 Å². The van der Waals surface area contributed by atoms with Gasteiger partial charge in [0.2, 0.25) is 0 Å². The minimum absolute atomic E-state index is 0.212. The van der Waals surface area contributed by atoms with Gasteiger partial charge in [-0.1, -0.05) is 89.6 Å². The van der Waals surface area contributed by atoms with Gasteiger partial charge in [0.05, 0.1) is 23.5 Å². The monoisotopic (exact) mass is 671 g/mol. The Kier molecular flexibility index (Phi) is 15.5. The Morgan fingerprint density at radius 1 is 0.896 bits per heavy atom. The van der Waals surface area contributed by atoms with Gasteiger partial charge in [-0.3, -0.25) is 4.79 Å². The lowest BCUT2D eigenvalue weighted by Crippen LogP contribution is -2.46. The van der Waals surface area contributed by atoms with Gasteiger partial charge in [-0.25, -0.2) is 8.70 Å². The summed E-state index contributed by atoms with van der Waals surface area (Å²) >= 11 is 1.60. The molecule has 0 spiro atoms. The normalized spacial score (nSPS) is 12.2. The summed E-state index contributed by atoms with van der Waals surface area (Å²) in [4.78, 5) is 13.8. The van der Waals surface area contributed by atoms with Gasteiger partial charge in [-0.2, -0.15) is 0 Å². The van der Waals surface area contributed by atoms with E-state index < -0.39 is 17.8 Å². The van der Waals surface area contributed by atoms with Crippen molar-refractivity contribution < 1.29 is 14.3 Å². The van der Waals surface area contributed by atoms with E-state index in [1.165, 1.54) is 31.0 Å². The Morgan fingerprint density at radius 2 is 1.52 bits per heavy atom. The lowest BCUT2D eigenvalue weighted by molar-refractivity contribution is 0.102. The molecule has 0 aliphatic rings. The number of nitrogens with two attached hydrogens (primary N) is 2. The first-order chi connectivity index (χ1) is 23.0. The zero-order valence-electron chi connectivity index (χ0n) is 28.5. The number of carbonyl (C=O) groups is 1. The average molecular weight is 672 g/mol. The maximum absolute atomic E-state index is 13.6. The number of nitrogen functional groups attached to an aromatic ring is 2. The van der Waals surface area contributed by atoms with Crippen LogP contribution in [0.3, 0.4) is 0 Å². The highest BCUT2D eigenvalue weighted by atomic mass is 32.2. The van der Waals surface area contributed by atoms with E-state index in [9.17, 15) is 14.3 Å². The Morgan fingerprint density at radius 3 is 2.12 bits per heavy atom. The summed E-state index contributed by atoms with van der Waals surface area (Å²) in [6, 6.07) is 28.1. The highest BCUT2D eigenvalue weighted by Gasteiger charge is 2.24. The summed E-state index contributed by atoms with van der Waals surface area (Å²) in [6.07, 6.45) is 2.49. The van der Waals surface area contributed by atoms with Crippen LogP contribution in [0.4, 0.5) is 21.5 Å². The smallest absolute Gasteiger partial charge is 0.255 e. The van der Waals surface area contributed by atoms with Crippen LogP contribution in [0.25, 0.3) is 5.70 Å². The molecule has 0 bridgehead atoms. The highest BCUT2D eigenvalue weighted by molar-refractivity contribution is 7.97. The van der Waals surface area contributed by atoms with Gasteiger partial charge in [0.25, 0.3) is 5.91 Å². The second-order valence-electron chi connectivity index (χ2n) is 12.2. The molecule has 0 saturated heterocycles. The fourth-order valence-corrected chi connectivity index (χ4v) is 5.84. The van der Waals surface area contributed by atoms with Crippen molar-refractivity contribution in [3.05, 3.63) is 126 Å².